The van der Waals surface area contributed by atoms with Crippen molar-refractivity contribution in [3.8, 4) is 0 Å². The third kappa shape index (κ3) is 3.63. The third-order valence-electron chi connectivity index (χ3n) is 3.58. The average molecular weight is 329 g/mol. The number of piperidine rings is 1. The van der Waals surface area contributed by atoms with E-state index in [-0.39, 0.29) is 10.5 Å². The zero-order valence-electron chi connectivity index (χ0n) is 12.7. The number of carbonyl (C=O) groups is 1. The van der Waals surface area contributed by atoms with Crippen molar-refractivity contribution in [1.82, 2.24) is 14.7 Å². The molecule has 0 atom stereocenters. The summed E-state index contributed by atoms with van der Waals surface area (Å²) < 4.78 is 39.0. The molecule has 1 amide bonds. The SMILES string of the molecule is CN(C)S(=O)(=O)c1ccc(F)c(C(=O)NN2CCCCC2)c1. The van der Waals surface area contributed by atoms with Gasteiger partial charge in [0.2, 0.25) is 10.0 Å². The van der Waals surface area contributed by atoms with Gasteiger partial charge in [-0.3, -0.25) is 10.2 Å². The van der Waals surface area contributed by atoms with E-state index in [0.29, 0.717) is 13.1 Å². The van der Waals surface area contributed by atoms with Crippen LogP contribution in [0.1, 0.15) is 29.6 Å². The molecular formula is C14H20FN3O3S. The molecular weight excluding hydrogens is 309 g/mol. The maximum absolute atomic E-state index is 13.9. The lowest BCUT2D eigenvalue weighted by molar-refractivity contribution is 0.0745. The fourth-order valence-electron chi connectivity index (χ4n) is 2.26. The number of hydrogen-bond acceptors (Lipinski definition) is 4. The molecule has 0 bridgehead atoms. The van der Waals surface area contributed by atoms with E-state index in [2.05, 4.69) is 5.43 Å². The summed E-state index contributed by atoms with van der Waals surface area (Å²) in [7, 11) is -0.947. The van der Waals surface area contributed by atoms with E-state index >= 15 is 0 Å². The van der Waals surface area contributed by atoms with Crippen LogP contribution in [0.4, 0.5) is 4.39 Å². The largest absolute Gasteiger partial charge is 0.285 e. The van der Waals surface area contributed by atoms with Crippen LogP contribution < -0.4 is 5.43 Å². The number of nitrogens with one attached hydrogen (secondary N) is 1. The molecule has 0 aliphatic carbocycles. The molecule has 2 rings (SSSR count). The second kappa shape index (κ2) is 6.72. The number of halogens is 1. The number of amides is 1. The smallest absolute Gasteiger partial charge is 0.268 e. The van der Waals surface area contributed by atoms with Gasteiger partial charge in [0, 0.05) is 27.2 Å². The lowest BCUT2D eigenvalue weighted by atomic mass is 10.1. The average Bonchev–Trinajstić information content (AvgIpc) is 2.48. The summed E-state index contributed by atoms with van der Waals surface area (Å²) in [6.45, 7) is 1.42. The van der Waals surface area contributed by atoms with Gasteiger partial charge in [-0.2, -0.15) is 0 Å². The minimum atomic E-state index is -3.71. The van der Waals surface area contributed by atoms with Crippen molar-refractivity contribution in [3.63, 3.8) is 0 Å². The van der Waals surface area contributed by atoms with Crippen LogP contribution in [0.25, 0.3) is 0 Å². The van der Waals surface area contributed by atoms with Crippen LogP contribution in [-0.2, 0) is 10.0 Å². The Bertz CT molecular complexity index is 655. The topological polar surface area (TPSA) is 69.7 Å². The lowest BCUT2D eigenvalue weighted by Gasteiger charge is -2.26. The van der Waals surface area contributed by atoms with Gasteiger partial charge in [0.05, 0.1) is 10.5 Å². The Morgan fingerprint density at radius 2 is 1.86 bits per heavy atom. The number of carbonyl (C=O) groups excluding carboxylic acids is 1. The van der Waals surface area contributed by atoms with Crippen LogP contribution in [-0.4, -0.2) is 50.8 Å². The molecule has 1 aromatic carbocycles. The summed E-state index contributed by atoms with van der Waals surface area (Å²) in [6, 6.07) is 3.23. The molecule has 0 aromatic heterocycles. The van der Waals surface area contributed by atoms with E-state index in [1.807, 2.05) is 0 Å². The highest BCUT2D eigenvalue weighted by atomic mass is 32.2. The predicted octanol–water partition coefficient (Wildman–Crippen LogP) is 1.21. The highest BCUT2D eigenvalue weighted by Crippen LogP contribution is 2.18. The number of nitrogens with zero attached hydrogens (tertiary/aromatic N) is 2. The predicted molar refractivity (Wildman–Crippen MR) is 80.2 cm³/mol. The van der Waals surface area contributed by atoms with Crippen molar-refractivity contribution >= 4 is 15.9 Å². The highest BCUT2D eigenvalue weighted by molar-refractivity contribution is 7.89. The van der Waals surface area contributed by atoms with Crippen molar-refractivity contribution < 1.29 is 17.6 Å². The van der Waals surface area contributed by atoms with Gasteiger partial charge >= 0.3 is 0 Å². The molecule has 6 nitrogen and oxygen atoms in total. The van der Waals surface area contributed by atoms with Gasteiger partial charge in [-0.1, -0.05) is 6.42 Å². The number of sulfonamides is 1. The van der Waals surface area contributed by atoms with Crippen molar-refractivity contribution in [1.29, 1.82) is 0 Å². The first kappa shape index (κ1) is 16.9. The van der Waals surface area contributed by atoms with E-state index in [0.717, 1.165) is 41.8 Å². The summed E-state index contributed by atoms with van der Waals surface area (Å²) in [5.41, 5.74) is 2.36. The minimum absolute atomic E-state index is 0.109. The Morgan fingerprint density at radius 1 is 1.23 bits per heavy atom. The van der Waals surface area contributed by atoms with E-state index < -0.39 is 21.7 Å². The molecule has 122 valence electrons. The molecule has 1 fully saturated rings. The Labute approximate surface area is 129 Å². The van der Waals surface area contributed by atoms with Gasteiger partial charge in [0.15, 0.2) is 0 Å². The zero-order valence-corrected chi connectivity index (χ0v) is 13.5. The second-order valence-corrected chi connectivity index (χ2v) is 7.57. The molecule has 1 saturated heterocycles. The lowest BCUT2D eigenvalue weighted by Crippen LogP contribution is -2.45. The molecule has 8 heteroatoms. The quantitative estimate of drug-likeness (QED) is 0.901. The van der Waals surface area contributed by atoms with E-state index in [1.54, 1.807) is 5.01 Å². The molecule has 1 heterocycles. The molecule has 1 aliphatic rings. The Hall–Kier alpha value is -1.51. The maximum atomic E-state index is 13.9. The van der Waals surface area contributed by atoms with Gasteiger partial charge in [-0.05, 0) is 31.0 Å². The summed E-state index contributed by atoms with van der Waals surface area (Å²) >= 11 is 0. The number of hydrogen-bond donors (Lipinski definition) is 1. The second-order valence-electron chi connectivity index (χ2n) is 5.42. The fraction of sp³-hybridized carbons (Fsp3) is 0.500. The van der Waals surface area contributed by atoms with Crippen LogP contribution in [0.2, 0.25) is 0 Å². The third-order valence-corrected chi connectivity index (χ3v) is 5.39. The zero-order chi connectivity index (χ0) is 16.3. The number of rotatable bonds is 4. The van der Waals surface area contributed by atoms with Crippen LogP contribution in [0.15, 0.2) is 23.1 Å². The van der Waals surface area contributed by atoms with Gasteiger partial charge < -0.3 is 0 Å². The molecule has 1 aromatic rings. The van der Waals surface area contributed by atoms with Crippen LogP contribution >= 0.6 is 0 Å². The van der Waals surface area contributed by atoms with Crippen molar-refractivity contribution in [2.45, 2.75) is 24.2 Å². The molecule has 0 saturated carbocycles. The fourth-order valence-corrected chi connectivity index (χ4v) is 3.19. The van der Waals surface area contributed by atoms with E-state index in [1.165, 1.54) is 14.1 Å². The van der Waals surface area contributed by atoms with Gasteiger partial charge in [0.25, 0.3) is 5.91 Å². The van der Waals surface area contributed by atoms with Gasteiger partial charge in [0.1, 0.15) is 5.82 Å². The number of benzene rings is 1. The molecule has 22 heavy (non-hydrogen) atoms. The molecule has 0 unspecified atom stereocenters. The Balaban J connectivity index is 2.24. The van der Waals surface area contributed by atoms with Gasteiger partial charge in [-0.25, -0.2) is 22.1 Å². The number of hydrazine groups is 1. The van der Waals surface area contributed by atoms with E-state index in [4.69, 9.17) is 0 Å². The summed E-state index contributed by atoms with van der Waals surface area (Å²) in [6.07, 6.45) is 3.05. The standard InChI is InChI=1S/C14H20FN3O3S/c1-17(2)22(20,21)11-6-7-13(15)12(10-11)14(19)16-18-8-4-3-5-9-18/h6-7,10H,3-5,8-9H2,1-2H3,(H,16,19). The first-order valence-electron chi connectivity index (χ1n) is 7.10. The molecule has 0 radical (unpaired) electrons. The minimum Gasteiger partial charge on any atom is -0.285 e. The molecule has 1 N–H and O–H groups in total. The summed E-state index contributed by atoms with van der Waals surface area (Å²) in [5, 5.41) is 1.73. The molecule has 1 aliphatic heterocycles. The van der Waals surface area contributed by atoms with Crippen LogP contribution in [0.3, 0.4) is 0 Å². The first-order valence-corrected chi connectivity index (χ1v) is 8.54. The summed E-state index contributed by atoms with van der Waals surface area (Å²) in [5.74, 6) is -1.37. The normalized spacial score (nSPS) is 16.7. The first-order chi connectivity index (χ1) is 10.3. The van der Waals surface area contributed by atoms with Crippen molar-refractivity contribution in [2.24, 2.45) is 0 Å². The summed E-state index contributed by atoms with van der Waals surface area (Å²) in [4.78, 5) is 12.1. The van der Waals surface area contributed by atoms with Crippen LogP contribution in [0.5, 0.6) is 0 Å². The van der Waals surface area contributed by atoms with Crippen molar-refractivity contribution in [2.75, 3.05) is 27.2 Å². The Kier molecular flexibility index (Phi) is 5.15. The van der Waals surface area contributed by atoms with Gasteiger partial charge in [-0.15, -0.1) is 0 Å². The maximum Gasteiger partial charge on any atom is 0.268 e. The highest BCUT2D eigenvalue weighted by Gasteiger charge is 2.22. The monoisotopic (exact) mass is 329 g/mol. The van der Waals surface area contributed by atoms with Crippen LogP contribution in [0, 0.1) is 5.82 Å². The van der Waals surface area contributed by atoms with E-state index in [9.17, 15) is 17.6 Å². The molecule has 0 spiro atoms. The Morgan fingerprint density at radius 3 is 2.45 bits per heavy atom. The van der Waals surface area contributed by atoms with Crippen molar-refractivity contribution in [3.05, 3.63) is 29.6 Å².